The first-order valence-corrected chi connectivity index (χ1v) is 7.10. The normalized spacial score (nSPS) is 13.4. The molecule has 0 aliphatic carbocycles. The minimum Gasteiger partial charge on any atom is -0.325 e. The maximum atomic E-state index is 11.9. The van der Waals surface area contributed by atoms with E-state index in [1.54, 1.807) is 12.1 Å². The molecule has 1 N–H and O–H groups in total. The molecule has 1 unspecified atom stereocenters. The highest BCUT2D eigenvalue weighted by Gasteiger charge is 2.18. The van der Waals surface area contributed by atoms with Crippen LogP contribution in [0.25, 0.3) is 0 Å². The first-order valence-electron chi connectivity index (χ1n) is 5.22. The predicted molar refractivity (Wildman–Crippen MR) is 71.3 cm³/mol. The number of amides is 1. The van der Waals surface area contributed by atoms with Crippen molar-refractivity contribution in [2.75, 3.05) is 19.4 Å². The van der Waals surface area contributed by atoms with Crippen molar-refractivity contribution in [1.82, 2.24) is 4.31 Å². The van der Waals surface area contributed by atoms with Gasteiger partial charge in [0, 0.05) is 19.8 Å². The average Bonchev–Trinajstić information content (AvgIpc) is 2.28. The third-order valence-corrected chi connectivity index (χ3v) is 4.25. The van der Waals surface area contributed by atoms with Crippen molar-refractivity contribution in [3.63, 3.8) is 0 Å². The van der Waals surface area contributed by atoms with E-state index in [0.29, 0.717) is 5.69 Å². The van der Waals surface area contributed by atoms with Crippen LogP contribution in [0.5, 0.6) is 0 Å². The molecule has 100 valence electrons. The van der Waals surface area contributed by atoms with Gasteiger partial charge in [-0.2, -0.15) is 0 Å². The Morgan fingerprint density at radius 1 is 1.39 bits per heavy atom. The Morgan fingerprint density at radius 2 is 2.00 bits per heavy atom. The van der Waals surface area contributed by atoms with Gasteiger partial charge in [0.15, 0.2) is 0 Å². The SMILES string of the molecule is CC(Cl)C(=O)Nc1cccc(S(=O)(=O)N(C)C)c1. The topological polar surface area (TPSA) is 66.5 Å². The van der Waals surface area contributed by atoms with Gasteiger partial charge >= 0.3 is 0 Å². The summed E-state index contributed by atoms with van der Waals surface area (Å²) < 4.78 is 24.9. The lowest BCUT2D eigenvalue weighted by atomic mass is 10.3. The summed E-state index contributed by atoms with van der Waals surface area (Å²) in [5.41, 5.74) is 0.399. The Bertz CT molecular complexity index is 541. The number of alkyl halides is 1. The molecule has 0 aliphatic rings. The zero-order valence-electron chi connectivity index (χ0n) is 10.3. The molecule has 1 aromatic rings. The minimum atomic E-state index is -3.51. The number of nitrogens with one attached hydrogen (secondary N) is 1. The molecule has 1 aromatic carbocycles. The molecule has 0 saturated carbocycles. The largest absolute Gasteiger partial charge is 0.325 e. The Labute approximate surface area is 112 Å². The van der Waals surface area contributed by atoms with E-state index in [-0.39, 0.29) is 10.8 Å². The number of hydrogen-bond acceptors (Lipinski definition) is 3. The lowest BCUT2D eigenvalue weighted by molar-refractivity contribution is -0.115. The minimum absolute atomic E-state index is 0.118. The highest BCUT2D eigenvalue weighted by Crippen LogP contribution is 2.18. The van der Waals surface area contributed by atoms with Crippen LogP contribution in [0.2, 0.25) is 0 Å². The van der Waals surface area contributed by atoms with Gasteiger partial charge in [0.1, 0.15) is 5.38 Å². The molecule has 0 heterocycles. The lowest BCUT2D eigenvalue weighted by Gasteiger charge is -2.13. The fraction of sp³-hybridized carbons (Fsp3) is 0.364. The number of carbonyl (C=O) groups excluding carboxylic acids is 1. The van der Waals surface area contributed by atoms with E-state index in [4.69, 9.17) is 11.6 Å². The van der Waals surface area contributed by atoms with Gasteiger partial charge < -0.3 is 5.32 Å². The van der Waals surface area contributed by atoms with E-state index >= 15 is 0 Å². The maximum Gasteiger partial charge on any atom is 0.242 e. The van der Waals surface area contributed by atoms with Gasteiger partial charge in [-0.3, -0.25) is 4.79 Å². The van der Waals surface area contributed by atoms with Gasteiger partial charge in [0.25, 0.3) is 0 Å². The number of benzene rings is 1. The van der Waals surface area contributed by atoms with Gasteiger partial charge in [-0.1, -0.05) is 6.07 Å². The number of nitrogens with zero attached hydrogens (tertiary/aromatic N) is 1. The Kier molecular flexibility index (Phi) is 4.72. The van der Waals surface area contributed by atoms with Gasteiger partial charge in [-0.05, 0) is 25.1 Å². The Morgan fingerprint density at radius 3 is 2.50 bits per heavy atom. The highest BCUT2D eigenvalue weighted by molar-refractivity contribution is 7.89. The summed E-state index contributed by atoms with van der Waals surface area (Å²) in [6.07, 6.45) is 0. The fourth-order valence-electron chi connectivity index (χ4n) is 1.19. The van der Waals surface area contributed by atoms with Crippen LogP contribution in [0.3, 0.4) is 0 Å². The van der Waals surface area contributed by atoms with Crippen molar-refractivity contribution in [3.8, 4) is 0 Å². The predicted octanol–water partition coefficient (Wildman–Crippen LogP) is 1.50. The van der Waals surface area contributed by atoms with E-state index in [0.717, 1.165) is 4.31 Å². The van der Waals surface area contributed by atoms with Crippen LogP contribution in [0, 0.1) is 0 Å². The molecule has 1 atom stereocenters. The Hall–Kier alpha value is -1.11. The van der Waals surface area contributed by atoms with Crippen LogP contribution in [-0.2, 0) is 14.8 Å². The third-order valence-electron chi connectivity index (χ3n) is 2.24. The molecule has 0 saturated heterocycles. The molecule has 18 heavy (non-hydrogen) atoms. The van der Waals surface area contributed by atoms with Gasteiger partial charge in [0.2, 0.25) is 15.9 Å². The highest BCUT2D eigenvalue weighted by atomic mass is 35.5. The van der Waals surface area contributed by atoms with Crippen molar-refractivity contribution in [2.45, 2.75) is 17.2 Å². The molecule has 5 nitrogen and oxygen atoms in total. The molecule has 1 amide bonds. The molecule has 1 rings (SSSR count). The summed E-state index contributed by atoms with van der Waals surface area (Å²) in [5.74, 6) is -0.379. The fourth-order valence-corrected chi connectivity index (χ4v) is 2.19. The number of sulfonamides is 1. The number of hydrogen-bond donors (Lipinski definition) is 1. The van der Waals surface area contributed by atoms with Crippen molar-refractivity contribution in [2.24, 2.45) is 0 Å². The zero-order valence-corrected chi connectivity index (χ0v) is 11.9. The maximum absolute atomic E-state index is 11.9. The average molecular weight is 291 g/mol. The van der Waals surface area contributed by atoms with Crippen LogP contribution < -0.4 is 5.32 Å². The molecular formula is C11H15ClN2O3S. The summed E-state index contributed by atoms with van der Waals surface area (Å²) in [4.78, 5) is 11.5. The summed E-state index contributed by atoms with van der Waals surface area (Å²) in [5, 5.41) is 1.86. The molecule has 0 radical (unpaired) electrons. The second kappa shape index (κ2) is 5.69. The van der Waals surface area contributed by atoms with Crippen molar-refractivity contribution in [3.05, 3.63) is 24.3 Å². The molecule has 0 aromatic heterocycles. The van der Waals surface area contributed by atoms with Crippen LogP contribution in [0.1, 0.15) is 6.92 Å². The van der Waals surface area contributed by atoms with Crippen LogP contribution >= 0.6 is 11.6 Å². The lowest BCUT2D eigenvalue weighted by Crippen LogP contribution is -2.23. The molecule has 0 aliphatic heterocycles. The molecular weight excluding hydrogens is 276 g/mol. The van der Waals surface area contributed by atoms with E-state index in [1.165, 1.54) is 33.2 Å². The molecule has 0 bridgehead atoms. The number of halogens is 1. The van der Waals surface area contributed by atoms with Crippen molar-refractivity contribution >= 4 is 33.2 Å². The van der Waals surface area contributed by atoms with Crippen molar-refractivity contribution < 1.29 is 13.2 Å². The van der Waals surface area contributed by atoms with E-state index in [2.05, 4.69) is 5.32 Å². The quantitative estimate of drug-likeness (QED) is 0.855. The number of rotatable bonds is 4. The second-order valence-electron chi connectivity index (χ2n) is 3.92. The van der Waals surface area contributed by atoms with Crippen LogP contribution in [-0.4, -0.2) is 38.1 Å². The summed E-state index contributed by atoms with van der Waals surface area (Å²) in [6, 6.07) is 6.03. The van der Waals surface area contributed by atoms with Gasteiger partial charge in [0.05, 0.1) is 4.90 Å². The molecule has 0 spiro atoms. The second-order valence-corrected chi connectivity index (χ2v) is 6.73. The summed E-state index contributed by atoms with van der Waals surface area (Å²) >= 11 is 5.62. The first kappa shape index (κ1) is 14.9. The van der Waals surface area contributed by atoms with E-state index < -0.39 is 15.4 Å². The van der Waals surface area contributed by atoms with Crippen LogP contribution in [0.15, 0.2) is 29.2 Å². The standard InChI is InChI=1S/C11H15ClN2O3S/c1-8(12)11(15)13-9-5-4-6-10(7-9)18(16,17)14(2)3/h4-8H,1-3H3,(H,13,15). The van der Waals surface area contributed by atoms with Crippen LogP contribution in [0.4, 0.5) is 5.69 Å². The Balaban J connectivity index is 3.04. The smallest absolute Gasteiger partial charge is 0.242 e. The molecule has 7 heteroatoms. The molecule has 0 fully saturated rings. The summed E-state index contributed by atoms with van der Waals surface area (Å²) in [6.45, 7) is 1.54. The third kappa shape index (κ3) is 3.44. The van der Waals surface area contributed by atoms with E-state index in [1.807, 2.05) is 0 Å². The van der Waals surface area contributed by atoms with Crippen molar-refractivity contribution in [1.29, 1.82) is 0 Å². The summed E-state index contributed by atoms with van der Waals surface area (Å²) in [7, 11) is -0.615. The zero-order chi connectivity index (χ0) is 13.9. The monoisotopic (exact) mass is 290 g/mol. The van der Waals surface area contributed by atoms with E-state index in [9.17, 15) is 13.2 Å². The first-order chi connectivity index (χ1) is 8.25. The van der Waals surface area contributed by atoms with Gasteiger partial charge in [-0.25, -0.2) is 12.7 Å². The number of anilines is 1. The van der Waals surface area contributed by atoms with Gasteiger partial charge in [-0.15, -0.1) is 11.6 Å². The number of carbonyl (C=O) groups is 1.